The van der Waals surface area contributed by atoms with Gasteiger partial charge in [-0.05, 0) is 53.7 Å². The maximum absolute atomic E-state index is 13.4. The van der Waals surface area contributed by atoms with Crippen LogP contribution in [0.3, 0.4) is 0 Å². The highest BCUT2D eigenvalue weighted by atomic mass is 16.6. The monoisotopic (exact) mass is 724 g/mol. The molecule has 0 aromatic carbocycles. The van der Waals surface area contributed by atoms with E-state index in [0.717, 1.165) is 11.1 Å². The van der Waals surface area contributed by atoms with Gasteiger partial charge in [-0.1, -0.05) is 12.1 Å². The number of fused-ring (bicyclic) bond motifs is 2. The molecule has 0 radical (unpaired) electrons. The van der Waals surface area contributed by atoms with Gasteiger partial charge in [0.25, 0.3) is 0 Å². The SMILES string of the molecule is Cc1cccnc1OCC(C)(C)NC(=O)[C@H]1[C@@H]2CNC[C@]21OC(=O)C(O)C(O)C(=O)O[C@@]12CNC[C@H]1[C@@H]2C(=O)NC(C)(C)COc1ncccc1C. The Hall–Kier alpha value is -4.38. The van der Waals surface area contributed by atoms with Crippen LogP contribution in [0.1, 0.15) is 38.8 Å². The van der Waals surface area contributed by atoms with Gasteiger partial charge in [0.2, 0.25) is 23.6 Å². The minimum absolute atomic E-state index is 0.129. The van der Waals surface area contributed by atoms with Crippen LogP contribution in [0.25, 0.3) is 0 Å². The standard InChI is InChI=1S/C36H48N6O10/c1-19-9-7-11-39-29(19)49-17-33(3,4)41-27(45)23-21-13-37-15-35(21,23)51-31(47)25(43)26(44)32(48)52-36-16-38-14-22(36)24(36)28(46)42-34(5,6)18-50-30-20(2)10-8-12-40-30/h7-12,21-26,37-38,43-44H,13-18H2,1-6H3,(H,41,45)(H,42,46)/t21-,22-,23+,24+,25?,26?,35-,36-/m0/s1. The lowest BCUT2D eigenvalue weighted by molar-refractivity contribution is -0.182. The highest BCUT2D eigenvalue weighted by Crippen LogP contribution is 2.57. The largest absolute Gasteiger partial charge is 0.475 e. The minimum Gasteiger partial charge on any atom is -0.475 e. The van der Waals surface area contributed by atoms with Crippen LogP contribution in [0.5, 0.6) is 11.8 Å². The number of piperidine rings is 2. The number of carbonyl (C=O) groups excluding carboxylic acids is 4. The number of hydrogen-bond donors (Lipinski definition) is 6. The molecular weight excluding hydrogens is 676 g/mol. The average Bonchev–Trinajstić information content (AvgIpc) is 3.72. The number of aromatic nitrogens is 2. The molecule has 282 valence electrons. The highest BCUT2D eigenvalue weighted by molar-refractivity contribution is 5.90. The molecule has 6 rings (SSSR count). The summed E-state index contributed by atoms with van der Waals surface area (Å²) in [6, 6.07) is 7.33. The number of pyridine rings is 2. The van der Waals surface area contributed by atoms with Crippen molar-refractivity contribution in [1.82, 2.24) is 31.2 Å². The first-order valence-corrected chi connectivity index (χ1v) is 17.5. The maximum Gasteiger partial charge on any atom is 0.338 e. The quantitative estimate of drug-likeness (QED) is 0.126. The van der Waals surface area contributed by atoms with E-state index in [0.29, 0.717) is 24.8 Å². The Kier molecular flexibility index (Phi) is 9.97. The van der Waals surface area contributed by atoms with Crippen molar-refractivity contribution in [3.8, 4) is 11.8 Å². The summed E-state index contributed by atoms with van der Waals surface area (Å²) in [5.41, 5.74) is -2.43. The predicted molar refractivity (Wildman–Crippen MR) is 183 cm³/mol. The normalized spacial score (nSPS) is 28.4. The number of aliphatic hydroxyl groups is 2. The van der Waals surface area contributed by atoms with Crippen molar-refractivity contribution in [2.24, 2.45) is 23.7 Å². The minimum atomic E-state index is -2.29. The van der Waals surface area contributed by atoms with Crippen LogP contribution in [-0.2, 0) is 28.7 Å². The molecule has 2 aromatic heterocycles. The molecule has 2 saturated carbocycles. The van der Waals surface area contributed by atoms with Crippen molar-refractivity contribution in [2.75, 3.05) is 39.4 Å². The van der Waals surface area contributed by atoms with E-state index in [9.17, 15) is 29.4 Å². The average molecular weight is 725 g/mol. The van der Waals surface area contributed by atoms with Crippen LogP contribution in [0.2, 0.25) is 0 Å². The Labute approximate surface area is 301 Å². The Morgan fingerprint density at radius 1 is 0.769 bits per heavy atom. The predicted octanol–water partition coefficient (Wildman–Crippen LogP) is -0.675. The van der Waals surface area contributed by atoms with Gasteiger partial charge in [0, 0.05) is 61.5 Å². The molecule has 2 saturated heterocycles. The molecule has 0 bridgehead atoms. The van der Waals surface area contributed by atoms with Gasteiger partial charge in [-0.25, -0.2) is 19.6 Å². The highest BCUT2D eigenvalue weighted by Gasteiger charge is 2.75. The summed E-state index contributed by atoms with van der Waals surface area (Å²) < 4.78 is 23.0. The molecule has 8 atom stereocenters. The summed E-state index contributed by atoms with van der Waals surface area (Å²) in [4.78, 5) is 61.5. The van der Waals surface area contributed by atoms with Gasteiger partial charge in [-0.15, -0.1) is 0 Å². The molecule has 4 aliphatic rings. The van der Waals surface area contributed by atoms with Gasteiger partial charge in [-0.3, -0.25) is 9.59 Å². The second-order valence-electron chi connectivity index (χ2n) is 15.6. The summed E-state index contributed by atoms with van der Waals surface area (Å²) >= 11 is 0. The van der Waals surface area contributed by atoms with E-state index in [-0.39, 0.29) is 50.0 Å². The van der Waals surface area contributed by atoms with Gasteiger partial charge >= 0.3 is 11.9 Å². The lowest BCUT2D eigenvalue weighted by Gasteiger charge is -2.28. The van der Waals surface area contributed by atoms with E-state index in [4.69, 9.17) is 18.9 Å². The van der Waals surface area contributed by atoms with E-state index in [2.05, 4.69) is 31.2 Å². The first-order valence-electron chi connectivity index (χ1n) is 17.5. The van der Waals surface area contributed by atoms with Crippen molar-refractivity contribution >= 4 is 23.8 Å². The van der Waals surface area contributed by atoms with Gasteiger partial charge in [-0.2, -0.15) is 0 Å². The molecular formula is C36H48N6O10. The second kappa shape index (κ2) is 13.9. The fraction of sp³-hybridized carbons (Fsp3) is 0.611. The lowest BCUT2D eigenvalue weighted by atomic mass is 10.1. The maximum atomic E-state index is 13.4. The van der Waals surface area contributed by atoms with Gasteiger partial charge < -0.3 is 50.4 Å². The fourth-order valence-electron chi connectivity index (χ4n) is 7.44. The van der Waals surface area contributed by atoms with Crippen LogP contribution in [0.4, 0.5) is 0 Å². The molecule has 2 aliphatic carbocycles. The Bertz CT molecular complexity index is 1600. The summed E-state index contributed by atoms with van der Waals surface area (Å²) in [6.45, 7) is 12.2. The van der Waals surface area contributed by atoms with Crippen LogP contribution in [0.15, 0.2) is 36.7 Å². The Balaban J connectivity index is 1.01. The molecule has 2 amide bonds. The first kappa shape index (κ1) is 37.4. The third kappa shape index (κ3) is 7.29. The molecule has 4 heterocycles. The van der Waals surface area contributed by atoms with E-state index in [1.807, 2.05) is 26.0 Å². The van der Waals surface area contributed by atoms with Crippen molar-refractivity contribution < 1.29 is 48.3 Å². The topological polar surface area (TPSA) is 220 Å². The molecule has 2 aromatic rings. The van der Waals surface area contributed by atoms with E-state index in [1.165, 1.54) is 0 Å². The van der Waals surface area contributed by atoms with E-state index in [1.54, 1.807) is 52.2 Å². The lowest BCUT2D eigenvalue weighted by Crippen LogP contribution is -2.51. The number of hydrogen-bond acceptors (Lipinski definition) is 14. The van der Waals surface area contributed by atoms with Gasteiger partial charge in [0.15, 0.2) is 12.2 Å². The molecule has 16 heteroatoms. The zero-order valence-electron chi connectivity index (χ0n) is 30.2. The number of aryl methyl sites for hydroxylation is 2. The molecule has 4 fully saturated rings. The van der Waals surface area contributed by atoms with E-state index >= 15 is 0 Å². The Morgan fingerprint density at radius 2 is 1.15 bits per heavy atom. The number of nitrogens with one attached hydrogen (secondary N) is 4. The third-order valence-corrected chi connectivity index (χ3v) is 10.3. The number of esters is 2. The number of amides is 2. The zero-order chi connectivity index (χ0) is 37.6. The summed E-state index contributed by atoms with van der Waals surface area (Å²) in [6.07, 6.45) is -1.35. The summed E-state index contributed by atoms with van der Waals surface area (Å²) in [7, 11) is 0. The number of aliphatic hydroxyl groups excluding tert-OH is 2. The summed E-state index contributed by atoms with van der Waals surface area (Å²) in [5, 5.41) is 33.6. The fourth-order valence-corrected chi connectivity index (χ4v) is 7.44. The molecule has 52 heavy (non-hydrogen) atoms. The second-order valence-corrected chi connectivity index (χ2v) is 15.6. The van der Waals surface area contributed by atoms with Crippen molar-refractivity contribution in [1.29, 1.82) is 0 Å². The van der Waals surface area contributed by atoms with Gasteiger partial charge in [0.05, 0.1) is 22.9 Å². The first-order chi connectivity index (χ1) is 24.5. The number of rotatable bonds is 15. The van der Waals surface area contributed by atoms with Crippen LogP contribution >= 0.6 is 0 Å². The van der Waals surface area contributed by atoms with Crippen LogP contribution in [-0.4, -0.2) is 118 Å². The van der Waals surface area contributed by atoms with E-state index < -0.39 is 58.3 Å². The summed E-state index contributed by atoms with van der Waals surface area (Å²) in [5.74, 6) is -4.54. The molecule has 6 N–H and O–H groups in total. The van der Waals surface area contributed by atoms with Gasteiger partial charge in [0.1, 0.15) is 24.4 Å². The van der Waals surface area contributed by atoms with Crippen molar-refractivity contribution in [2.45, 2.75) is 76.0 Å². The van der Waals surface area contributed by atoms with Crippen molar-refractivity contribution in [3.63, 3.8) is 0 Å². The van der Waals surface area contributed by atoms with Crippen molar-refractivity contribution in [3.05, 3.63) is 47.8 Å². The molecule has 0 spiro atoms. The number of ether oxygens (including phenoxy) is 4. The number of nitrogens with zero attached hydrogens (tertiary/aromatic N) is 2. The molecule has 2 unspecified atom stereocenters. The third-order valence-electron chi connectivity index (χ3n) is 10.3. The van der Waals surface area contributed by atoms with Crippen LogP contribution < -0.4 is 30.7 Å². The smallest absolute Gasteiger partial charge is 0.338 e. The zero-order valence-corrected chi connectivity index (χ0v) is 30.2. The van der Waals surface area contributed by atoms with Crippen LogP contribution in [0, 0.1) is 37.5 Å². The molecule has 16 nitrogen and oxygen atoms in total. The number of carbonyl (C=O) groups is 4. The molecule has 2 aliphatic heterocycles. The Morgan fingerprint density at radius 3 is 1.52 bits per heavy atom.